The van der Waals surface area contributed by atoms with Gasteiger partial charge >= 0.3 is 0 Å². The molecule has 1 unspecified atom stereocenters. The molecule has 0 bridgehead atoms. The van der Waals surface area contributed by atoms with Crippen molar-refractivity contribution in [1.82, 2.24) is 0 Å². The molecule has 1 nitrogen and oxygen atoms in total. The quantitative estimate of drug-likeness (QED) is 0.739. The standard InChI is InChI=1S/C17H14F2OS/c1-10-6-13(18)3-2-11(10)8-15(20)17-9-12-7-14(19)4-5-16(12)21-17/h2-7,9,15,20H,8H2,1H3. The molecule has 2 aromatic carbocycles. The Kier molecular flexibility index (Phi) is 3.74. The zero-order valence-electron chi connectivity index (χ0n) is 11.4. The summed E-state index contributed by atoms with van der Waals surface area (Å²) in [7, 11) is 0. The minimum atomic E-state index is -0.672. The molecule has 4 heteroatoms. The first-order valence-electron chi connectivity index (χ1n) is 6.65. The fourth-order valence-electron chi connectivity index (χ4n) is 2.40. The average molecular weight is 304 g/mol. The highest BCUT2D eigenvalue weighted by atomic mass is 32.1. The van der Waals surface area contributed by atoms with Gasteiger partial charge in [-0.1, -0.05) is 6.07 Å². The van der Waals surface area contributed by atoms with E-state index in [9.17, 15) is 13.9 Å². The van der Waals surface area contributed by atoms with Crippen molar-refractivity contribution in [3.05, 3.63) is 70.1 Å². The van der Waals surface area contributed by atoms with Crippen molar-refractivity contribution < 1.29 is 13.9 Å². The van der Waals surface area contributed by atoms with Crippen molar-refractivity contribution in [1.29, 1.82) is 0 Å². The van der Waals surface area contributed by atoms with Crippen molar-refractivity contribution in [2.24, 2.45) is 0 Å². The van der Waals surface area contributed by atoms with E-state index in [1.807, 2.05) is 13.0 Å². The lowest BCUT2D eigenvalue weighted by Gasteiger charge is -2.11. The molecule has 0 fully saturated rings. The van der Waals surface area contributed by atoms with Gasteiger partial charge in [0.05, 0.1) is 6.10 Å². The maximum Gasteiger partial charge on any atom is 0.123 e. The lowest BCUT2D eigenvalue weighted by Crippen LogP contribution is -2.01. The van der Waals surface area contributed by atoms with Crippen LogP contribution >= 0.6 is 11.3 Å². The van der Waals surface area contributed by atoms with E-state index >= 15 is 0 Å². The summed E-state index contributed by atoms with van der Waals surface area (Å²) in [5.41, 5.74) is 1.73. The molecule has 1 heterocycles. The Bertz CT molecular complexity index is 795. The zero-order valence-corrected chi connectivity index (χ0v) is 12.3. The van der Waals surface area contributed by atoms with Crippen LogP contribution in [0.4, 0.5) is 8.78 Å². The highest BCUT2D eigenvalue weighted by Crippen LogP contribution is 2.32. The highest BCUT2D eigenvalue weighted by Gasteiger charge is 2.14. The Labute approximate surface area is 125 Å². The third kappa shape index (κ3) is 2.96. The topological polar surface area (TPSA) is 20.2 Å². The van der Waals surface area contributed by atoms with Crippen LogP contribution in [-0.4, -0.2) is 5.11 Å². The second-order valence-corrected chi connectivity index (χ2v) is 6.24. The molecule has 0 aliphatic carbocycles. The van der Waals surface area contributed by atoms with Crippen LogP contribution < -0.4 is 0 Å². The predicted molar refractivity (Wildman–Crippen MR) is 81.6 cm³/mol. The van der Waals surface area contributed by atoms with Crippen LogP contribution in [0.2, 0.25) is 0 Å². The number of rotatable bonds is 3. The molecule has 3 rings (SSSR count). The van der Waals surface area contributed by atoms with E-state index < -0.39 is 6.10 Å². The van der Waals surface area contributed by atoms with Crippen LogP contribution in [0.1, 0.15) is 22.1 Å². The summed E-state index contributed by atoms with van der Waals surface area (Å²) in [6.45, 7) is 1.82. The summed E-state index contributed by atoms with van der Waals surface area (Å²) in [6, 6.07) is 11.0. The van der Waals surface area contributed by atoms with E-state index in [2.05, 4.69) is 0 Å². The number of aryl methyl sites for hydroxylation is 1. The van der Waals surface area contributed by atoms with Gasteiger partial charge in [0, 0.05) is 16.0 Å². The third-order valence-corrected chi connectivity index (χ3v) is 4.76. The maximum absolute atomic E-state index is 13.2. The van der Waals surface area contributed by atoms with Gasteiger partial charge in [-0.2, -0.15) is 0 Å². The van der Waals surface area contributed by atoms with Crippen LogP contribution in [0.5, 0.6) is 0 Å². The molecule has 1 aromatic heterocycles. The highest BCUT2D eigenvalue weighted by molar-refractivity contribution is 7.19. The number of halogens is 2. The van der Waals surface area contributed by atoms with Gasteiger partial charge in [0.1, 0.15) is 11.6 Å². The van der Waals surface area contributed by atoms with Gasteiger partial charge in [-0.15, -0.1) is 11.3 Å². The molecular formula is C17H14F2OS. The average Bonchev–Trinajstić information content (AvgIpc) is 2.85. The molecule has 0 amide bonds. The molecule has 0 spiro atoms. The van der Waals surface area contributed by atoms with E-state index in [0.717, 1.165) is 26.1 Å². The van der Waals surface area contributed by atoms with Gasteiger partial charge in [0.2, 0.25) is 0 Å². The lowest BCUT2D eigenvalue weighted by molar-refractivity contribution is 0.182. The molecule has 0 radical (unpaired) electrons. The molecule has 0 saturated carbocycles. The minimum absolute atomic E-state index is 0.275. The van der Waals surface area contributed by atoms with Crippen molar-refractivity contribution >= 4 is 21.4 Å². The summed E-state index contributed by atoms with van der Waals surface area (Å²) in [6.07, 6.45) is -0.254. The summed E-state index contributed by atoms with van der Waals surface area (Å²) >= 11 is 1.45. The summed E-state index contributed by atoms with van der Waals surface area (Å²) in [5.74, 6) is -0.557. The number of thiophene rings is 1. The molecule has 0 aliphatic rings. The Morgan fingerprint density at radius 3 is 2.52 bits per heavy atom. The minimum Gasteiger partial charge on any atom is -0.387 e. The maximum atomic E-state index is 13.2. The normalized spacial score (nSPS) is 12.8. The number of hydrogen-bond donors (Lipinski definition) is 1. The van der Waals surface area contributed by atoms with Gasteiger partial charge in [-0.3, -0.25) is 0 Å². The molecule has 0 aliphatic heterocycles. The van der Waals surface area contributed by atoms with Crippen LogP contribution in [-0.2, 0) is 6.42 Å². The first kappa shape index (κ1) is 14.2. The smallest absolute Gasteiger partial charge is 0.123 e. The second kappa shape index (κ2) is 5.54. The van der Waals surface area contributed by atoms with E-state index in [1.165, 1.54) is 35.6 Å². The van der Waals surface area contributed by atoms with Crippen LogP contribution in [0.3, 0.4) is 0 Å². The second-order valence-electron chi connectivity index (χ2n) is 5.12. The van der Waals surface area contributed by atoms with Crippen LogP contribution in [0.25, 0.3) is 10.1 Å². The molecule has 0 saturated heterocycles. The first-order chi connectivity index (χ1) is 10.0. The van der Waals surface area contributed by atoms with Gasteiger partial charge in [0.15, 0.2) is 0 Å². The zero-order chi connectivity index (χ0) is 15.0. The van der Waals surface area contributed by atoms with Crippen molar-refractivity contribution in [2.75, 3.05) is 0 Å². The van der Waals surface area contributed by atoms with Crippen LogP contribution in [0.15, 0.2) is 42.5 Å². The molecule has 1 N–H and O–H groups in total. The Hall–Kier alpha value is -1.78. The van der Waals surface area contributed by atoms with E-state index in [0.29, 0.717) is 6.42 Å². The van der Waals surface area contributed by atoms with Gasteiger partial charge < -0.3 is 5.11 Å². The number of aliphatic hydroxyl groups excluding tert-OH is 1. The number of fused-ring (bicyclic) bond motifs is 1. The van der Waals surface area contributed by atoms with Crippen LogP contribution in [0, 0.1) is 18.6 Å². The summed E-state index contributed by atoms with van der Waals surface area (Å²) < 4.78 is 27.2. The van der Waals surface area contributed by atoms with E-state index in [-0.39, 0.29) is 11.6 Å². The third-order valence-electron chi connectivity index (χ3n) is 3.54. The van der Waals surface area contributed by atoms with Gasteiger partial charge in [-0.25, -0.2) is 8.78 Å². The Balaban J connectivity index is 1.87. The first-order valence-corrected chi connectivity index (χ1v) is 7.46. The number of hydrogen-bond acceptors (Lipinski definition) is 2. The molecule has 21 heavy (non-hydrogen) atoms. The summed E-state index contributed by atoms with van der Waals surface area (Å²) in [5, 5.41) is 11.2. The largest absolute Gasteiger partial charge is 0.387 e. The number of aliphatic hydroxyl groups is 1. The van der Waals surface area contributed by atoms with Gasteiger partial charge in [-0.05, 0) is 59.8 Å². The molecule has 108 valence electrons. The van der Waals surface area contributed by atoms with Crippen molar-refractivity contribution in [2.45, 2.75) is 19.4 Å². The molecule has 1 atom stereocenters. The fraction of sp³-hybridized carbons (Fsp3) is 0.176. The SMILES string of the molecule is Cc1cc(F)ccc1CC(O)c1cc2cc(F)ccc2s1. The van der Waals surface area contributed by atoms with E-state index in [1.54, 1.807) is 12.1 Å². The van der Waals surface area contributed by atoms with Gasteiger partial charge in [0.25, 0.3) is 0 Å². The Morgan fingerprint density at radius 2 is 1.76 bits per heavy atom. The fourth-order valence-corrected chi connectivity index (χ4v) is 3.43. The van der Waals surface area contributed by atoms with Crippen molar-refractivity contribution in [3.63, 3.8) is 0 Å². The predicted octanol–water partition coefficient (Wildman–Crippen LogP) is 4.76. The van der Waals surface area contributed by atoms with E-state index in [4.69, 9.17) is 0 Å². The molecular weight excluding hydrogens is 290 g/mol. The number of benzene rings is 2. The monoisotopic (exact) mass is 304 g/mol. The lowest BCUT2D eigenvalue weighted by atomic mass is 10.0. The molecule has 3 aromatic rings. The van der Waals surface area contributed by atoms with Crippen molar-refractivity contribution in [3.8, 4) is 0 Å². The Morgan fingerprint density at radius 1 is 1.05 bits per heavy atom. The summed E-state index contributed by atoms with van der Waals surface area (Å²) in [4.78, 5) is 0.791.